The molecule has 1 aliphatic carbocycles. The number of fused-ring (bicyclic) bond motifs is 3. The summed E-state index contributed by atoms with van der Waals surface area (Å²) in [6, 6.07) is 13.9. The van der Waals surface area contributed by atoms with Gasteiger partial charge in [0.1, 0.15) is 11.5 Å². The van der Waals surface area contributed by atoms with Gasteiger partial charge < -0.3 is 9.15 Å². The lowest BCUT2D eigenvalue weighted by atomic mass is 9.93. The molecule has 3 heterocycles. The minimum Gasteiger partial charge on any atom is -0.465 e. The fourth-order valence-corrected chi connectivity index (χ4v) is 5.15. The monoisotopic (exact) mass is 338 g/mol. The normalized spacial score (nSPS) is 29.7. The summed E-state index contributed by atoms with van der Waals surface area (Å²) in [6.45, 7) is 9.09. The van der Waals surface area contributed by atoms with Crippen molar-refractivity contribution in [1.82, 2.24) is 9.80 Å². The van der Waals surface area contributed by atoms with Gasteiger partial charge in [-0.05, 0) is 36.1 Å². The van der Waals surface area contributed by atoms with E-state index >= 15 is 0 Å². The Morgan fingerprint density at radius 1 is 1.00 bits per heavy atom. The molecule has 0 unspecified atom stereocenters. The third-order valence-electron chi connectivity index (χ3n) is 6.17. The molecule has 4 heteroatoms. The van der Waals surface area contributed by atoms with Crippen molar-refractivity contribution < 1.29 is 9.15 Å². The third-order valence-corrected chi connectivity index (χ3v) is 6.17. The summed E-state index contributed by atoms with van der Waals surface area (Å²) in [5.74, 6) is 3.44. The topological polar surface area (TPSA) is 28.9 Å². The van der Waals surface area contributed by atoms with E-state index in [1.165, 1.54) is 0 Å². The maximum atomic E-state index is 5.81. The van der Waals surface area contributed by atoms with E-state index in [1.807, 2.05) is 6.92 Å². The molecule has 0 saturated carbocycles. The molecule has 0 N–H and O–H groups in total. The fourth-order valence-electron chi connectivity index (χ4n) is 5.15. The highest BCUT2D eigenvalue weighted by Crippen LogP contribution is 2.51. The van der Waals surface area contributed by atoms with Crippen LogP contribution in [0.2, 0.25) is 0 Å². The largest absolute Gasteiger partial charge is 0.465 e. The number of ether oxygens (including phenoxy) is 1. The van der Waals surface area contributed by atoms with E-state index in [-0.39, 0.29) is 0 Å². The van der Waals surface area contributed by atoms with Crippen LogP contribution < -0.4 is 0 Å². The molecule has 2 aliphatic heterocycles. The van der Waals surface area contributed by atoms with Crippen LogP contribution >= 0.6 is 0 Å². The van der Waals surface area contributed by atoms with Gasteiger partial charge in [0.15, 0.2) is 0 Å². The zero-order chi connectivity index (χ0) is 16.8. The first-order chi connectivity index (χ1) is 12.3. The zero-order valence-electron chi connectivity index (χ0n) is 14.9. The molecule has 4 nitrogen and oxygen atoms in total. The Morgan fingerprint density at radius 2 is 1.80 bits per heavy atom. The second-order valence-electron chi connectivity index (χ2n) is 7.70. The number of rotatable bonds is 3. The molecular formula is C21H26N2O2. The van der Waals surface area contributed by atoms with Gasteiger partial charge in [0.05, 0.1) is 19.8 Å². The van der Waals surface area contributed by atoms with Crippen LogP contribution in [0.5, 0.6) is 0 Å². The van der Waals surface area contributed by atoms with Gasteiger partial charge >= 0.3 is 0 Å². The van der Waals surface area contributed by atoms with Crippen molar-refractivity contribution >= 4 is 0 Å². The Hall–Kier alpha value is -1.62. The smallest absolute Gasteiger partial charge is 0.118 e. The van der Waals surface area contributed by atoms with Crippen molar-refractivity contribution in [3.63, 3.8) is 0 Å². The van der Waals surface area contributed by atoms with Crippen molar-refractivity contribution in [1.29, 1.82) is 0 Å². The van der Waals surface area contributed by atoms with Gasteiger partial charge in [-0.2, -0.15) is 0 Å². The lowest BCUT2D eigenvalue weighted by Gasteiger charge is -2.36. The number of furan rings is 1. The number of morpholine rings is 1. The second kappa shape index (κ2) is 6.27. The first-order valence-electron chi connectivity index (χ1n) is 9.48. The number of hydrogen-bond donors (Lipinski definition) is 0. The summed E-state index contributed by atoms with van der Waals surface area (Å²) in [7, 11) is 0. The lowest BCUT2D eigenvalue weighted by molar-refractivity contribution is 0.00465. The van der Waals surface area contributed by atoms with E-state index < -0.39 is 0 Å². The van der Waals surface area contributed by atoms with Gasteiger partial charge in [-0.15, -0.1) is 0 Å². The van der Waals surface area contributed by atoms with Gasteiger partial charge in [-0.1, -0.05) is 24.3 Å². The summed E-state index contributed by atoms with van der Waals surface area (Å²) in [5, 5.41) is 0. The highest BCUT2D eigenvalue weighted by Gasteiger charge is 2.48. The molecule has 5 rings (SSSR count). The van der Waals surface area contributed by atoms with Crippen molar-refractivity contribution in [3.05, 3.63) is 59.0 Å². The molecule has 0 amide bonds. The van der Waals surface area contributed by atoms with Crippen LogP contribution in [0, 0.1) is 12.8 Å². The molecule has 2 saturated heterocycles. The SMILES string of the molecule is Cc1ccc(CN2C[C@H]3[C@@H](C2)c2ccccc2[C@@H]3N2CCOCC2)o1. The standard InChI is InChI=1S/C21H26N2O2/c1-15-6-7-16(25-15)12-22-13-19-17-4-2-3-5-18(17)21(20(19)14-22)23-8-10-24-11-9-23/h2-7,19-21H,8-14H2,1H3/t19-,20-,21-/m0/s1. The number of likely N-dealkylation sites (tertiary alicyclic amines) is 1. The van der Waals surface area contributed by atoms with Crippen molar-refractivity contribution in [2.75, 3.05) is 39.4 Å². The van der Waals surface area contributed by atoms with Crippen LogP contribution in [0.15, 0.2) is 40.8 Å². The quantitative estimate of drug-likeness (QED) is 0.859. The van der Waals surface area contributed by atoms with E-state index in [0.29, 0.717) is 17.9 Å². The van der Waals surface area contributed by atoms with Crippen molar-refractivity contribution in [3.8, 4) is 0 Å². The second-order valence-corrected chi connectivity index (χ2v) is 7.70. The third kappa shape index (κ3) is 2.73. The van der Waals surface area contributed by atoms with Gasteiger partial charge in [-0.3, -0.25) is 9.80 Å². The molecule has 3 atom stereocenters. The summed E-state index contributed by atoms with van der Waals surface area (Å²) in [5.41, 5.74) is 3.13. The van der Waals surface area contributed by atoms with Crippen LogP contribution in [0.4, 0.5) is 0 Å². The van der Waals surface area contributed by atoms with E-state index in [2.05, 4.69) is 46.2 Å². The van der Waals surface area contributed by atoms with E-state index in [4.69, 9.17) is 9.15 Å². The fraction of sp³-hybridized carbons (Fsp3) is 0.524. The van der Waals surface area contributed by atoms with Crippen LogP contribution in [0.25, 0.3) is 0 Å². The average molecular weight is 338 g/mol. The number of benzene rings is 1. The molecule has 132 valence electrons. The van der Waals surface area contributed by atoms with Crippen LogP contribution in [-0.2, 0) is 11.3 Å². The van der Waals surface area contributed by atoms with Gasteiger partial charge in [0.2, 0.25) is 0 Å². The van der Waals surface area contributed by atoms with Crippen LogP contribution in [0.3, 0.4) is 0 Å². The van der Waals surface area contributed by atoms with E-state index in [1.54, 1.807) is 11.1 Å². The van der Waals surface area contributed by atoms with E-state index in [0.717, 1.165) is 57.5 Å². The highest BCUT2D eigenvalue weighted by atomic mass is 16.5. The maximum Gasteiger partial charge on any atom is 0.118 e. The summed E-state index contributed by atoms with van der Waals surface area (Å²) in [4.78, 5) is 5.24. The zero-order valence-corrected chi connectivity index (χ0v) is 14.9. The Labute approximate surface area is 149 Å². The number of hydrogen-bond acceptors (Lipinski definition) is 4. The molecular weight excluding hydrogens is 312 g/mol. The number of aryl methyl sites for hydroxylation is 1. The molecule has 0 bridgehead atoms. The Bertz CT molecular complexity index is 750. The molecule has 0 spiro atoms. The van der Waals surface area contributed by atoms with Gasteiger partial charge in [0, 0.05) is 38.1 Å². The Balaban J connectivity index is 1.41. The summed E-state index contributed by atoms with van der Waals surface area (Å²) >= 11 is 0. The predicted octanol–water partition coefficient (Wildman–Crippen LogP) is 3.19. The molecule has 1 aromatic heterocycles. The van der Waals surface area contributed by atoms with Crippen LogP contribution in [0.1, 0.15) is 34.6 Å². The van der Waals surface area contributed by atoms with Crippen molar-refractivity contribution in [2.24, 2.45) is 5.92 Å². The Morgan fingerprint density at radius 3 is 2.56 bits per heavy atom. The summed E-state index contributed by atoms with van der Waals surface area (Å²) < 4.78 is 11.4. The maximum absolute atomic E-state index is 5.81. The predicted molar refractivity (Wildman–Crippen MR) is 96.5 cm³/mol. The highest BCUT2D eigenvalue weighted by molar-refractivity contribution is 5.41. The summed E-state index contributed by atoms with van der Waals surface area (Å²) in [6.07, 6.45) is 0. The minimum absolute atomic E-state index is 0.549. The molecule has 25 heavy (non-hydrogen) atoms. The molecule has 2 fully saturated rings. The number of nitrogens with zero attached hydrogens (tertiary/aromatic N) is 2. The van der Waals surface area contributed by atoms with Gasteiger partial charge in [-0.25, -0.2) is 0 Å². The molecule has 1 aromatic carbocycles. The first kappa shape index (κ1) is 15.6. The van der Waals surface area contributed by atoms with E-state index in [9.17, 15) is 0 Å². The minimum atomic E-state index is 0.549. The van der Waals surface area contributed by atoms with Crippen LogP contribution in [-0.4, -0.2) is 49.2 Å². The van der Waals surface area contributed by atoms with Crippen molar-refractivity contribution in [2.45, 2.75) is 25.4 Å². The molecule has 0 radical (unpaired) electrons. The molecule has 2 aromatic rings. The first-order valence-corrected chi connectivity index (χ1v) is 9.48. The Kier molecular flexibility index (Phi) is 3.92. The average Bonchev–Trinajstić information content (AvgIpc) is 3.30. The lowest BCUT2D eigenvalue weighted by Crippen LogP contribution is -2.41. The van der Waals surface area contributed by atoms with Gasteiger partial charge in [0.25, 0.3) is 0 Å². The molecule has 3 aliphatic rings.